The summed E-state index contributed by atoms with van der Waals surface area (Å²) in [5.74, 6) is 0.00981. The molecule has 10 heavy (non-hydrogen) atoms. The summed E-state index contributed by atoms with van der Waals surface area (Å²) in [6.45, 7) is 6.11. The third-order valence-electron chi connectivity index (χ3n) is 1.82. The average Bonchev–Trinajstić information content (AvgIpc) is 1.78. The molecule has 1 aliphatic rings. The molecule has 0 fully saturated rings. The summed E-state index contributed by atoms with van der Waals surface area (Å²) < 4.78 is 0. The molecule has 0 aliphatic carbocycles. The van der Waals surface area contributed by atoms with Crippen molar-refractivity contribution < 1.29 is 4.79 Å². The van der Waals surface area contributed by atoms with Crippen molar-refractivity contribution in [3.05, 3.63) is 0 Å². The number of amides is 1. The van der Waals surface area contributed by atoms with Crippen LogP contribution in [0.15, 0.2) is 4.99 Å². The van der Waals surface area contributed by atoms with E-state index in [-0.39, 0.29) is 18.0 Å². The second-order valence-corrected chi connectivity index (χ2v) is 3.07. The second kappa shape index (κ2) is 2.08. The number of hydrogen-bond acceptors (Lipinski definition) is 2. The number of nitrogens with one attached hydrogen (secondary N) is 1. The first-order valence-electron chi connectivity index (χ1n) is 3.35. The Morgan fingerprint density at radius 3 is 2.60 bits per heavy atom. The van der Waals surface area contributed by atoms with E-state index in [0.717, 1.165) is 5.71 Å². The highest BCUT2D eigenvalue weighted by molar-refractivity contribution is 5.99. The lowest BCUT2D eigenvalue weighted by atomic mass is 9.98. The Morgan fingerprint density at radius 1 is 1.60 bits per heavy atom. The number of carbonyl (C=O) groups excluding carboxylic acids is 1. The van der Waals surface area contributed by atoms with Gasteiger partial charge in [0.25, 0.3) is 0 Å². The van der Waals surface area contributed by atoms with Gasteiger partial charge >= 0.3 is 0 Å². The summed E-state index contributed by atoms with van der Waals surface area (Å²) in [6, 6.07) is 0. The predicted octanol–water partition coefficient (Wildman–Crippen LogP) is 0.356. The lowest BCUT2D eigenvalue weighted by molar-refractivity contribution is -0.121. The van der Waals surface area contributed by atoms with Gasteiger partial charge in [-0.3, -0.25) is 9.79 Å². The summed E-state index contributed by atoms with van der Waals surface area (Å²) in [5, 5.41) is 2.84. The maximum Gasteiger partial charge on any atom is 0.242 e. The molecule has 1 N–H and O–H groups in total. The fourth-order valence-electron chi connectivity index (χ4n) is 0.867. The maximum absolute atomic E-state index is 10.8. The molecular formula is C7H12N2O. The first-order chi connectivity index (χ1) is 4.52. The van der Waals surface area contributed by atoms with Crippen LogP contribution in [0.2, 0.25) is 0 Å². The van der Waals surface area contributed by atoms with E-state index in [2.05, 4.69) is 10.3 Å². The molecule has 56 valence electrons. The fraction of sp³-hybridized carbons (Fsp3) is 0.714. The van der Waals surface area contributed by atoms with Crippen molar-refractivity contribution >= 4 is 11.6 Å². The van der Waals surface area contributed by atoms with Crippen LogP contribution in [0.3, 0.4) is 0 Å². The number of hydrogen-bond donors (Lipinski definition) is 1. The van der Waals surface area contributed by atoms with Crippen LogP contribution in [0.1, 0.15) is 20.8 Å². The van der Waals surface area contributed by atoms with Gasteiger partial charge in [-0.05, 0) is 20.8 Å². The topological polar surface area (TPSA) is 41.5 Å². The Kier molecular flexibility index (Phi) is 1.50. The molecular weight excluding hydrogens is 128 g/mol. The van der Waals surface area contributed by atoms with Crippen LogP contribution in [-0.2, 0) is 4.79 Å². The minimum Gasteiger partial charge on any atom is -0.344 e. The van der Waals surface area contributed by atoms with Gasteiger partial charge in [-0.25, -0.2) is 0 Å². The Hall–Kier alpha value is -0.860. The quantitative estimate of drug-likeness (QED) is 0.518. The summed E-state index contributed by atoms with van der Waals surface area (Å²) in [6.07, 6.45) is 0. The lowest BCUT2D eigenvalue weighted by Crippen LogP contribution is -2.52. The molecule has 0 aromatic rings. The van der Waals surface area contributed by atoms with Gasteiger partial charge < -0.3 is 5.32 Å². The van der Waals surface area contributed by atoms with Gasteiger partial charge in [0.1, 0.15) is 6.54 Å². The molecule has 0 aromatic carbocycles. The molecule has 1 aliphatic heterocycles. The van der Waals surface area contributed by atoms with Crippen LogP contribution >= 0.6 is 0 Å². The summed E-state index contributed by atoms with van der Waals surface area (Å²) in [7, 11) is 0. The van der Waals surface area contributed by atoms with Crippen molar-refractivity contribution in [1.82, 2.24) is 5.32 Å². The van der Waals surface area contributed by atoms with Crippen LogP contribution in [0.25, 0.3) is 0 Å². The predicted molar refractivity (Wildman–Crippen MR) is 40.2 cm³/mol. The highest BCUT2D eigenvalue weighted by Gasteiger charge is 2.26. The molecule has 0 spiro atoms. The van der Waals surface area contributed by atoms with E-state index in [1.54, 1.807) is 0 Å². The van der Waals surface area contributed by atoms with Gasteiger partial charge in [0.15, 0.2) is 0 Å². The average molecular weight is 140 g/mol. The van der Waals surface area contributed by atoms with Crippen molar-refractivity contribution in [1.29, 1.82) is 0 Å². The van der Waals surface area contributed by atoms with E-state index < -0.39 is 0 Å². The zero-order chi connectivity index (χ0) is 7.78. The zero-order valence-corrected chi connectivity index (χ0v) is 6.56. The smallest absolute Gasteiger partial charge is 0.242 e. The molecule has 0 saturated heterocycles. The summed E-state index contributed by atoms with van der Waals surface area (Å²) in [5.41, 5.74) is 0.752. The van der Waals surface area contributed by atoms with E-state index in [1.807, 2.05) is 20.8 Å². The van der Waals surface area contributed by atoms with Crippen molar-refractivity contribution in [2.45, 2.75) is 26.3 Å². The Bertz CT molecular complexity index is 194. The van der Waals surface area contributed by atoms with E-state index in [4.69, 9.17) is 0 Å². The molecule has 1 heterocycles. The SMILES string of the molecule is CC1=NCC(=O)NC1(C)C. The fourth-order valence-corrected chi connectivity index (χ4v) is 0.867. The van der Waals surface area contributed by atoms with E-state index in [9.17, 15) is 4.79 Å². The molecule has 0 saturated carbocycles. The second-order valence-electron chi connectivity index (χ2n) is 3.07. The van der Waals surface area contributed by atoms with Gasteiger partial charge in [0, 0.05) is 5.71 Å². The van der Waals surface area contributed by atoms with Gasteiger partial charge in [-0.15, -0.1) is 0 Å². The third-order valence-corrected chi connectivity index (χ3v) is 1.82. The van der Waals surface area contributed by atoms with Crippen LogP contribution < -0.4 is 5.32 Å². The van der Waals surface area contributed by atoms with Crippen molar-refractivity contribution in [3.63, 3.8) is 0 Å². The number of nitrogens with zero attached hydrogens (tertiary/aromatic N) is 1. The monoisotopic (exact) mass is 140 g/mol. The number of rotatable bonds is 0. The highest BCUT2D eigenvalue weighted by atomic mass is 16.2. The van der Waals surface area contributed by atoms with E-state index in [1.165, 1.54) is 0 Å². The molecule has 0 aromatic heterocycles. The van der Waals surface area contributed by atoms with Gasteiger partial charge in [0.05, 0.1) is 5.54 Å². The number of aliphatic imine (C=N–C) groups is 1. The van der Waals surface area contributed by atoms with Gasteiger partial charge in [-0.1, -0.05) is 0 Å². The lowest BCUT2D eigenvalue weighted by Gasteiger charge is -2.29. The van der Waals surface area contributed by atoms with Crippen molar-refractivity contribution in [3.8, 4) is 0 Å². The molecule has 0 atom stereocenters. The standard InChI is InChI=1S/C7H12N2O/c1-5-7(2,3)9-6(10)4-8-5/h4H2,1-3H3,(H,9,10). The first kappa shape index (κ1) is 7.25. The maximum atomic E-state index is 10.8. The molecule has 3 nitrogen and oxygen atoms in total. The van der Waals surface area contributed by atoms with Gasteiger partial charge in [0.2, 0.25) is 5.91 Å². The molecule has 0 radical (unpaired) electrons. The largest absolute Gasteiger partial charge is 0.344 e. The molecule has 0 unspecified atom stereocenters. The Morgan fingerprint density at radius 2 is 2.20 bits per heavy atom. The third kappa shape index (κ3) is 1.17. The van der Waals surface area contributed by atoms with Crippen LogP contribution in [0.4, 0.5) is 0 Å². The molecule has 3 heteroatoms. The van der Waals surface area contributed by atoms with Crippen LogP contribution in [0.5, 0.6) is 0 Å². The first-order valence-corrected chi connectivity index (χ1v) is 3.35. The van der Waals surface area contributed by atoms with Crippen molar-refractivity contribution in [2.75, 3.05) is 6.54 Å². The number of carbonyl (C=O) groups is 1. The highest BCUT2D eigenvalue weighted by Crippen LogP contribution is 2.08. The minimum absolute atomic E-state index is 0.00981. The van der Waals surface area contributed by atoms with Gasteiger partial charge in [-0.2, -0.15) is 0 Å². The molecule has 1 amide bonds. The van der Waals surface area contributed by atoms with Crippen LogP contribution in [0, 0.1) is 0 Å². The van der Waals surface area contributed by atoms with E-state index in [0.29, 0.717) is 0 Å². The van der Waals surface area contributed by atoms with Crippen LogP contribution in [-0.4, -0.2) is 23.7 Å². The summed E-state index contributed by atoms with van der Waals surface area (Å²) >= 11 is 0. The Balaban J connectivity index is 2.86. The van der Waals surface area contributed by atoms with E-state index >= 15 is 0 Å². The molecule has 1 rings (SSSR count). The minimum atomic E-state index is -0.241. The zero-order valence-electron chi connectivity index (χ0n) is 6.56. The molecule has 0 bridgehead atoms. The summed E-state index contributed by atoms with van der Waals surface area (Å²) in [4.78, 5) is 14.9. The normalized spacial score (nSPS) is 23.5. The Labute approximate surface area is 60.5 Å². The van der Waals surface area contributed by atoms with Crippen molar-refractivity contribution in [2.24, 2.45) is 4.99 Å².